The van der Waals surface area contributed by atoms with Crippen molar-refractivity contribution in [2.45, 2.75) is 55.2 Å². The Hall–Kier alpha value is -0.620. The first-order valence-corrected chi connectivity index (χ1v) is 7.71. The number of sulfonamides is 1. The van der Waals surface area contributed by atoms with Crippen LogP contribution >= 0.6 is 0 Å². The molecule has 96 valence electrons. The molecule has 5 nitrogen and oxygen atoms in total. The minimum Gasteiger partial charge on any atom is -0.317 e. The predicted octanol–water partition coefficient (Wildman–Crippen LogP) is 0.256. The topological polar surface area (TPSA) is 89.3 Å². The summed E-state index contributed by atoms with van der Waals surface area (Å²) in [5.41, 5.74) is 4.78. The standard InChI is InChI=1S/C11H18N2O3S/c12-11(5-6-11)9(14)13-17(15,16)10(3-4-10)7-8-1-2-8/h8H,1-7,12H2,(H,13,14). The van der Waals surface area contributed by atoms with Crippen molar-refractivity contribution >= 4 is 15.9 Å². The van der Waals surface area contributed by atoms with E-state index in [0.29, 0.717) is 38.0 Å². The number of nitrogens with two attached hydrogens (primary N) is 1. The molecule has 3 aliphatic carbocycles. The second-order valence-corrected chi connectivity index (χ2v) is 8.00. The van der Waals surface area contributed by atoms with Gasteiger partial charge in [-0.3, -0.25) is 9.52 Å². The van der Waals surface area contributed by atoms with Crippen molar-refractivity contribution in [2.24, 2.45) is 11.7 Å². The molecule has 0 aliphatic heterocycles. The van der Waals surface area contributed by atoms with Gasteiger partial charge in [0.1, 0.15) is 0 Å². The molecule has 0 unspecified atom stereocenters. The van der Waals surface area contributed by atoms with E-state index in [4.69, 9.17) is 5.73 Å². The van der Waals surface area contributed by atoms with E-state index in [1.807, 2.05) is 0 Å². The highest BCUT2D eigenvalue weighted by Gasteiger charge is 2.58. The average Bonchev–Trinajstić information content (AvgIpc) is 3.04. The third kappa shape index (κ3) is 1.97. The SMILES string of the molecule is NC1(C(=O)NS(=O)(=O)C2(CC3CC3)CC2)CC1. The summed E-state index contributed by atoms with van der Waals surface area (Å²) in [6, 6.07) is 0. The first-order chi connectivity index (χ1) is 7.87. The highest BCUT2D eigenvalue weighted by molar-refractivity contribution is 7.91. The molecule has 17 heavy (non-hydrogen) atoms. The van der Waals surface area contributed by atoms with Gasteiger partial charge in [0.05, 0.1) is 10.3 Å². The van der Waals surface area contributed by atoms with Gasteiger partial charge in [-0.05, 0) is 38.0 Å². The van der Waals surface area contributed by atoms with Crippen LogP contribution in [0.1, 0.15) is 44.9 Å². The van der Waals surface area contributed by atoms with Gasteiger partial charge in [0.2, 0.25) is 10.0 Å². The number of hydrogen-bond donors (Lipinski definition) is 2. The predicted molar refractivity (Wildman–Crippen MR) is 62.5 cm³/mol. The molecule has 3 rings (SSSR count). The van der Waals surface area contributed by atoms with Crippen LogP contribution in [0.25, 0.3) is 0 Å². The Morgan fingerprint density at radius 1 is 1.24 bits per heavy atom. The summed E-state index contributed by atoms with van der Waals surface area (Å²) in [5.74, 6) is 0.0384. The minimum atomic E-state index is -3.53. The molecule has 0 aromatic carbocycles. The zero-order valence-corrected chi connectivity index (χ0v) is 10.6. The summed E-state index contributed by atoms with van der Waals surface area (Å²) in [7, 11) is -3.53. The van der Waals surface area contributed by atoms with Gasteiger partial charge in [0, 0.05) is 0 Å². The summed E-state index contributed by atoms with van der Waals surface area (Å²) in [6.45, 7) is 0. The molecule has 3 fully saturated rings. The van der Waals surface area contributed by atoms with Gasteiger partial charge in [0.15, 0.2) is 0 Å². The van der Waals surface area contributed by atoms with E-state index in [1.165, 1.54) is 0 Å². The highest BCUT2D eigenvalue weighted by atomic mass is 32.2. The fourth-order valence-electron chi connectivity index (χ4n) is 2.26. The summed E-state index contributed by atoms with van der Waals surface area (Å²) in [5, 5.41) is 0. The lowest BCUT2D eigenvalue weighted by atomic mass is 10.2. The van der Waals surface area contributed by atoms with Crippen LogP contribution < -0.4 is 10.5 Å². The maximum atomic E-state index is 12.2. The molecule has 0 aromatic rings. The van der Waals surface area contributed by atoms with Gasteiger partial charge in [-0.1, -0.05) is 12.8 Å². The lowest BCUT2D eigenvalue weighted by Crippen LogP contribution is -2.49. The van der Waals surface area contributed by atoms with Crippen molar-refractivity contribution in [1.29, 1.82) is 0 Å². The van der Waals surface area contributed by atoms with E-state index in [2.05, 4.69) is 4.72 Å². The third-order valence-electron chi connectivity index (χ3n) is 4.20. The van der Waals surface area contributed by atoms with Crippen LogP contribution in [0.4, 0.5) is 0 Å². The van der Waals surface area contributed by atoms with Crippen molar-refractivity contribution in [3.8, 4) is 0 Å². The molecule has 3 aliphatic rings. The van der Waals surface area contributed by atoms with E-state index in [0.717, 1.165) is 12.8 Å². The number of rotatable bonds is 5. The molecule has 0 bridgehead atoms. The van der Waals surface area contributed by atoms with Crippen LogP contribution in [0.3, 0.4) is 0 Å². The zero-order valence-electron chi connectivity index (χ0n) is 9.74. The fraction of sp³-hybridized carbons (Fsp3) is 0.909. The maximum Gasteiger partial charge on any atom is 0.253 e. The Morgan fingerprint density at radius 3 is 2.24 bits per heavy atom. The summed E-state index contributed by atoms with van der Waals surface area (Å²) in [6.07, 6.45) is 5.52. The van der Waals surface area contributed by atoms with Crippen molar-refractivity contribution in [1.82, 2.24) is 4.72 Å². The molecule has 0 saturated heterocycles. The Bertz CT molecular complexity index is 459. The van der Waals surface area contributed by atoms with E-state index in [9.17, 15) is 13.2 Å². The smallest absolute Gasteiger partial charge is 0.253 e. The molecule has 0 heterocycles. The summed E-state index contributed by atoms with van der Waals surface area (Å²) in [4.78, 5) is 11.7. The van der Waals surface area contributed by atoms with E-state index < -0.39 is 26.2 Å². The molecule has 3 saturated carbocycles. The van der Waals surface area contributed by atoms with E-state index in [-0.39, 0.29) is 0 Å². The van der Waals surface area contributed by atoms with Gasteiger partial charge < -0.3 is 5.73 Å². The summed E-state index contributed by atoms with van der Waals surface area (Å²) >= 11 is 0. The molecule has 0 radical (unpaired) electrons. The lowest BCUT2D eigenvalue weighted by Gasteiger charge is -2.18. The van der Waals surface area contributed by atoms with Gasteiger partial charge in [-0.2, -0.15) is 0 Å². The maximum absolute atomic E-state index is 12.2. The Labute approximate surface area is 101 Å². The molecular weight excluding hydrogens is 240 g/mol. The van der Waals surface area contributed by atoms with Crippen LogP contribution in [-0.2, 0) is 14.8 Å². The molecule has 1 amide bonds. The fourth-order valence-corrected chi connectivity index (χ4v) is 4.02. The number of hydrogen-bond acceptors (Lipinski definition) is 4. The van der Waals surface area contributed by atoms with Crippen molar-refractivity contribution < 1.29 is 13.2 Å². The van der Waals surface area contributed by atoms with Crippen LogP contribution in [0, 0.1) is 5.92 Å². The van der Waals surface area contributed by atoms with Crippen molar-refractivity contribution in [3.05, 3.63) is 0 Å². The normalized spacial score (nSPS) is 28.5. The first-order valence-electron chi connectivity index (χ1n) is 6.23. The molecule has 6 heteroatoms. The minimum absolute atomic E-state index is 0.514. The number of amides is 1. The third-order valence-corrected chi connectivity index (χ3v) is 6.37. The molecular formula is C11H18N2O3S. The lowest BCUT2D eigenvalue weighted by molar-refractivity contribution is -0.121. The average molecular weight is 258 g/mol. The summed E-state index contributed by atoms with van der Waals surface area (Å²) < 4.78 is 25.9. The van der Waals surface area contributed by atoms with Gasteiger partial charge in [-0.25, -0.2) is 8.42 Å². The Kier molecular flexibility index (Phi) is 2.18. The van der Waals surface area contributed by atoms with E-state index in [1.54, 1.807) is 0 Å². The van der Waals surface area contributed by atoms with Crippen molar-refractivity contribution in [3.63, 3.8) is 0 Å². The number of carbonyl (C=O) groups is 1. The Morgan fingerprint density at radius 2 is 1.82 bits per heavy atom. The van der Waals surface area contributed by atoms with Gasteiger partial charge >= 0.3 is 0 Å². The molecule has 0 spiro atoms. The molecule has 0 aromatic heterocycles. The number of carbonyl (C=O) groups excluding carboxylic acids is 1. The quantitative estimate of drug-likeness (QED) is 0.740. The molecule has 3 N–H and O–H groups in total. The monoisotopic (exact) mass is 258 g/mol. The van der Waals surface area contributed by atoms with Gasteiger partial charge in [-0.15, -0.1) is 0 Å². The van der Waals surface area contributed by atoms with Crippen molar-refractivity contribution in [2.75, 3.05) is 0 Å². The second kappa shape index (κ2) is 3.23. The first kappa shape index (κ1) is 11.5. The van der Waals surface area contributed by atoms with Crippen LogP contribution in [-0.4, -0.2) is 24.6 Å². The van der Waals surface area contributed by atoms with Crippen LogP contribution in [0.5, 0.6) is 0 Å². The highest BCUT2D eigenvalue weighted by Crippen LogP contribution is 2.52. The largest absolute Gasteiger partial charge is 0.317 e. The number of nitrogens with one attached hydrogen (secondary N) is 1. The van der Waals surface area contributed by atoms with E-state index >= 15 is 0 Å². The van der Waals surface area contributed by atoms with Gasteiger partial charge in [0.25, 0.3) is 5.91 Å². The van der Waals surface area contributed by atoms with Crippen LogP contribution in [0.2, 0.25) is 0 Å². The zero-order chi connectivity index (χ0) is 12.3. The molecule has 0 atom stereocenters. The Balaban J connectivity index is 1.70. The second-order valence-electron chi connectivity index (χ2n) is 5.92. The van der Waals surface area contributed by atoms with Crippen LogP contribution in [0.15, 0.2) is 0 Å².